The van der Waals surface area contributed by atoms with Crippen LogP contribution in [0.3, 0.4) is 0 Å². The number of nitrogens with two attached hydrogens (primary N) is 1. The number of ether oxygens (including phenoxy) is 1. The first-order valence-corrected chi connectivity index (χ1v) is 8.38. The Balaban J connectivity index is 2.28. The van der Waals surface area contributed by atoms with Crippen molar-refractivity contribution in [2.75, 3.05) is 32.5 Å². The van der Waals surface area contributed by atoms with Gasteiger partial charge in [-0.05, 0) is 25.8 Å². The smallest absolute Gasteiger partial charge is 0.330 e. The first-order chi connectivity index (χ1) is 11.5. The maximum absolute atomic E-state index is 12.7. The number of Topliss-reactive ketones (excluding diaryl/α,β-unsaturated/α-hetero) is 1. The highest BCUT2D eigenvalue weighted by Gasteiger charge is 2.26. The number of carbonyl (C=O) groups is 1. The Morgan fingerprint density at radius 1 is 1.38 bits per heavy atom. The molecule has 0 aliphatic carbocycles. The molecule has 134 valence electrons. The number of aromatic nitrogens is 2. The predicted molar refractivity (Wildman–Crippen MR) is 91.4 cm³/mol. The number of nitrogens with one attached hydrogen (secondary N) is 1. The summed E-state index contributed by atoms with van der Waals surface area (Å²) in [7, 11) is 1.50. The highest BCUT2D eigenvalue weighted by Crippen LogP contribution is 2.20. The van der Waals surface area contributed by atoms with Crippen LogP contribution in [0.1, 0.15) is 43.0 Å². The van der Waals surface area contributed by atoms with Crippen LogP contribution in [0.2, 0.25) is 0 Å². The van der Waals surface area contributed by atoms with Crippen molar-refractivity contribution < 1.29 is 9.53 Å². The van der Waals surface area contributed by atoms with Crippen molar-refractivity contribution in [2.24, 2.45) is 0 Å². The number of likely N-dealkylation sites (tertiary alicyclic amines) is 1. The Morgan fingerprint density at radius 2 is 2.12 bits per heavy atom. The number of aromatic amines is 1. The fourth-order valence-corrected chi connectivity index (χ4v) is 3.26. The van der Waals surface area contributed by atoms with Crippen molar-refractivity contribution in [3.05, 3.63) is 26.4 Å². The third-order valence-corrected chi connectivity index (χ3v) is 4.60. The molecule has 0 aromatic carbocycles. The van der Waals surface area contributed by atoms with Crippen LogP contribution in [0, 0.1) is 0 Å². The lowest BCUT2D eigenvalue weighted by Crippen LogP contribution is -2.44. The van der Waals surface area contributed by atoms with Crippen LogP contribution in [0.5, 0.6) is 0 Å². The molecule has 1 aliphatic heterocycles. The van der Waals surface area contributed by atoms with Crippen LogP contribution in [0.15, 0.2) is 9.59 Å². The van der Waals surface area contributed by atoms with Gasteiger partial charge >= 0.3 is 5.69 Å². The maximum Gasteiger partial charge on any atom is 0.330 e. The number of H-pyrrole nitrogens is 1. The molecule has 24 heavy (non-hydrogen) atoms. The molecule has 8 heteroatoms. The lowest BCUT2D eigenvalue weighted by Gasteiger charge is -2.34. The maximum atomic E-state index is 12.7. The van der Waals surface area contributed by atoms with E-state index in [1.54, 1.807) is 0 Å². The monoisotopic (exact) mass is 338 g/mol. The first-order valence-electron chi connectivity index (χ1n) is 8.38. The second-order valence-electron chi connectivity index (χ2n) is 6.12. The second kappa shape index (κ2) is 8.25. The van der Waals surface area contributed by atoms with E-state index in [-0.39, 0.29) is 36.9 Å². The van der Waals surface area contributed by atoms with Gasteiger partial charge in [0.15, 0.2) is 5.78 Å². The molecular formula is C16H26N4O4. The van der Waals surface area contributed by atoms with Crippen molar-refractivity contribution in [3.8, 4) is 0 Å². The van der Waals surface area contributed by atoms with Crippen molar-refractivity contribution >= 4 is 11.6 Å². The largest absolute Gasteiger partial charge is 0.384 e. The van der Waals surface area contributed by atoms with Gasteiger partial charge in [-0.25, -0.2) is 4.79 Å². The van der Waals surface area contributed by atoms with Gasteiger partial charge in [-0.1, -0.05) is 13.3 Å². The molecule has 0 unspecified atom stereocenters. The van der Waals surface area contributed by atoms with Crippen LogP contribution in [-0.2, 0) is 11.3 Å². The minimum absolute atomic E-state index is 0.0872. The molecule has 0 saturated carbocycles. The molecule has 1 fully saturated rings. The van der Waals surface area contributed by atoms with E-state index in [1.165, 1.54) is 11.7 Å². The number of hydrogen-bond donors (Lipinski definition) is 2. The summed E-state index contributed by atoms with van der Waals surface area (Å²) in [5, 5.41) is 0. The molecule has 3 N–H and O–H groups in total. The lowest BCUT2D eigenvalue weighted by atomic mass is 9.99. The fraction of sp³-hybridized carbons (Fsp3) is 0.688. The lowest BCUT2D eigenvalue weighted by molar-refractivity contribution is 0.0836. The number of carbonyl (C=O) groups excluding carboxylic acids is 1. The van der Waals surface area contributed by atoms with E-state index in [2.05, 4.69) is 16.8 Å². The summed E-state index contributed by atoms with van der Waals surface area (Å²) in [5.74, 6) is -0.434. The van der Waals surface area contributed by atoms with E-state index >= 15 is 0 Å². The Bertz CT molecular complexity index is 694. The van der Waals surface area contributed by atoms with E-state index in [0.717, 1.165) is 32.2 Å². The number of hydrogen-bond acceptors (Lipinski definition) is 6. The average molecular weight is 338 g/mol. The van der Waals surface area contributed by atoms with Crippen LogP contribution in [-0.4, -0.2) is 53.1 Å². The molecule has 0 spiro atoms. The van der Waals surface area contributed by atoms with Crippen LogP contribution >= 0.6 is 0 Å². The van der Waals surface area contributed by atoms with Gasteiger partial charge < -0.3 is 10.5 Å². The Labute approximate surface area is 140 Å². The summed E-state index contributed by atoms with van der Waals surface area (Å²) in [6.45, 7) is 3.52. The molecular weight excluding hydrogens is 312 g/mol. The molecule has 1 aliphatic rings. The number of ketones is 1. The van der Waals surface area contributed by atoms with Gasteiger partial charge in [0.25, 0.3) is 5.56 Å². The molecule has 1 saturated heterocycles. The molecule has 0 amide bonds. The Morgan fingerprint density at radius 3 is 2.79 bits per heavy atom. The van der Waals surface area contributed by atoms with Crippen molar-refractivity contribution in [1.82, 2.24) is 14.5 Å². The zero-order valence-corrected chi connectivity index (χ0v) is 14.3. The van der Waals surface area contributed by atoms with E-state index in [1.807, 2.05) is 0 Å². The molecule has 1 atom stereocenters. The summed E-state index contributed by atoms with van der Waals surface area (Å²) < 4.78 is 6.11. The number of piperidine rings is 1. The van der Waals surface area contributed by atoms with Gasteiger partial charge in [0.05, 0.1) is 19.7 Å². The zero-order valence-electron chi connectivity index (χ0n) is 14.3. The average Bonchev–Trinajstić information content (AvgIpc) is 2.54. The van der Waals surface area contributed by atoms with Crippen molar-refractivity contribution in [3.63, 3.8) is 0 Å². The highest BCUT2D eigenvalue weighted by atomic mass is 16.5. The fourth-order valence-electron chi connectivity index (χ4n) is 3.26. The van der Waals surface area contributed by atoms with Crippen LogP contribution in [0.25, 0.3) is 0 Å². The van der Waals surface area contributed by atoms with Gasteiger partial charge in [-0.3, -0.25) is 24.0 Å². The van der Waals surface area contributed by atoms with Crippen molar-refractivity contribution in [2.45, 2.75) is 45.2 Å². The van der Waals surface area contributed by atoms with E-state index < -0.39 is 11.2 Å². The van der Waals surface area contributed by atoms with Gasteiger partial charge in [-0.15, -0.1) is 0 Å². The molecule has 2 heterocycles. The molecule has 1 aromatic rings. The summed E-state index contributed by atoms with van der Waals surface area (Å²) in [5.41, 5.74) is 4.46. The van der Waals surface area contributed by atoms with Crippen LogP contribution in [0.4, 0.5) is 5.82 Å². The zero-order chi connectivity index (χ0) is 17.7. The Kier molecular flexibility index (Phi) is 6.33. The molecule has 0 radical (unpaired) electrons. The number of anilines is 1. The second-order valence-corrected chi connectivity index (χ2v) is 6.12. The Hall–Kier alpha value is -1.93. The number of nitrogen functional groups attached to an aromatic ring is 1. The van der Waals surface area contributed by atoms with E-state index in [0.29, 0.717) is 6.04 Å². The summed E-state index contributed by atoms with van der Waals surface area (Å²) in [6, 6.07) is 0.349. The van der Waals surface area contributed by atoms with Gasteiger partial charge in [-0.2, -0.15) is 0 Å². The quantitative estimate of drug-likeness (QED) is 0.688. The SMILES string of the molecule is CC[C@H]1CCCCN1CC(=O)c1c(N)n(CCOC)c(=O)[nH]c1=O. The van der Waals surface area contributed by atoms with Gasteiger partial charge in [0.2, 0.25) is 0 Å². The highest BCUT2D eigenvalue weighted by molar-refractivity contribution is 6.01. The van der Waals surface area contributed by atoms with Gasteiger partial charge in [0.1, 0.15) is 11.4 Å². The molecule has 2 rings (SSSR count). The van der Waals surface area contributed by atoms with Crippen molar-refractivity contribution in [1.29, 1.82) is 0 Å². The minimum Gasteiger partial charge on any atom is -0.384 e. The predicted octanol–water partition coefficient (Wildman–Crippen LogP) is 0.212. The molecule has 1 aromatic heterocycles. The molecule has 0 bridgehead atoms. The molecule has 8 nitrogen and oxygen atoms in total. The summed E-state index contributed by atoms with van der Waals surface area (Å²) in [4.78, 5) is 40.9. The van der Waals surface area contributed by atoms with E-state index in [9.17, 15) is 14.4 Å². The standard InChI is InChI=1S/C16H26N4O4/c1-3-11-6-4-5-7-19(11)10-12(21)13-14(17)20(8-9-24-2)16(23)18-15(13)22/h11H,3-10,17H2,1-2H3,(H,18,22,23)/t11-/m0/s1. The number of rotatable bonds is 7. The topological polar surface area (TPSA) is 110 Å². The minimum atomic E-state index is -0.721. The number of nitrogens with zero attached hydrogens (tertiary/aromatic N) is 2. The summed E-state index contributed by atoms with van der Waals surface area (Å²) in [6.07, 6.45) is 4.23. The third kappa shape index (κ3) is 3.93. The first kappa shape index (κ1) is 18.4. The third-order valence-electron chi connectivity index (χ3n) is 4.60. The number of methoxy groups -OCH3 is 1. The van der Waals surface area contributed by atoms with Crippen LogP contribution < -0.4 is 17.0 Å². The van der Waals surface area contributed by atoms with E-state index in [4.69, 9.17) is 10.5 Å². The van der Waals surface area contributed by atoms with Gasteiger partial charge in [0, 0.05) is 13.2 Å². The summed E-state index contributed by atoms with van der Waals surface area (Å²) >= 11 is 0. The normalized spacial score (nSPS) is 18.7.